The number of unbranched alkanes of at least 4 members (excludes halogenated alkanes) is 3. The van der Waals surface area contributed by atoms with E-state index in [2.05, 4.69) is 18.1 Å². The predicted molar refractivity (Wildman–Crippen MR) is 107 cm³/mol. The van der Waals surface area contributed by atoms with Crippen LogP contribution in [0.1, 0.15) is 64.4 Å². The van der Waals surface area contributed by atoms with Crippen LogP contribution >= 0.6 is 0 Å². The molecule has 0 unspecified atom stereocenters. The van der Waals surface area contributed by atoms with Crippen LogP contribution in [-0.4, -0.2) is 35.8 Å². The van der Waals surface area contributed by atoms with Crippen LogP contribution in [-0.2, 0) is 20.8 Å². The van der Waals surface area contributed by atoms with Crippen molar-refractivity contribution in [3.63, 3.8) is 0 Å². The van der Waals surface area contributed by atoms with Gasteiger partial charge < -0.3 is 19.3 Å². The highest BCUT2D eigenvalue weighted by Gasteiger charge is 2.43. The lowest BCUT2D eigenvalue weighted by Crippen LogP contribution is -2.35. The quantitative estimate of drug-likeness (QED) is 0.434. The van der Waals surface area contributed by atoms with Gasteiger partial charge in [0.05, 0.1) is 18.8 Å². The highest BCUT2D eigenvalue weighted by atomic mass is 16.8. The van der Waals surface area contributed by atoms with Gasteiger partial charge in [0.25, 0.3) is 0 Å². The molecule has 1 heterocycles. The maximum atomic E-state index is 10.4. The average Bonchev–Trinajstić information content (AvgIpc) is 2.97. The third-order valence-electron chi connectivity index (χ3n) is 4.82. The van der Waals surface area contributed by atoms with Crippen molar-refractivity contribution in [3.8, 4) is 12.3 Å². The van der Waals surface area contributed by atoms with Gasteiger partial charge in [-0.15, -0.1) is 12.3 Å². The molecule has 1 aromatic carbocycles. The molecule has 1 aliphatic heterocycles. The van der Waals surface area contributed by atoms with Crippen LogP contribution in [0.2, 0.25) is 0 Å². The third kappa shape index (κ3) is 8.02. The van der Waals surface area contributed by atoms with Gasteiger partial charge in [-0.25, -0.2) is 0 Å². The maximum absolute atomic E-state index is 10.4. The molecule has 0 aromatic heterocycles. The summed E-state index contributed by atoms with van der Waals surface area (Å²) in [5.74, 6) is 1.94. The molecule has 4 heteroatoms. The summed E-state index contributed by atoms with van der Waals surface area (Å²) in [5, 5.41) is 10.4. The Hall–Kier alpha value is -1.38. The van der Waals surface area contributed by atoms with E-state index in [1.165, 1.54) is 5.56 Å². The zero-order chi connectivity index (χ0) is 19.5. The minimum Gasteiger partial charge on any atom is -0.390 e. The summed E-state index contributed by atoms with van der Waals surface area (Å²) in [6, 6.07) is 10.2. The number of aliphatic hydroxyl groups is 1. The Morgan fingerprint density at radius 1 is 1.15 bits per heavy atom. The van der Waals surface area contributed by atoms with Crippen molar-refractivity contribution in [2.75, 3.05) is 6.61 Å². The minimum absolute atomic E-state index is 0.0675. The van der Waals surface area contributed by atoms with Gasteiger partial charge in [0, 0.05) is 13.0 Å². The van der Waals surface area contributed by atoms with Gasteiger partial charge in [0.2, 0.25) is 0 Å². The van der Waals surface area contributed by atoms with Gasteiger partial charge in [0.1, 0.15) is 6.10 Å². The molecule has 0 bridgehead atoms. The molecule has 0 radical (unpaired) electrons. The van der Waals surface area contributed by atoms with E-state index in [1.54, 1.807) is 0 Å². The normalized spacial score (nSPS) is 22.4. The fourth-order valence-electron chi connectivity index (χ4n) is 3.48. The Morgan fingerprint density at radius 3 is 2.63 bits per heavy atom. The first kappa shape index (κ1) is 21.9. The molecule has 27 heavy (non-hydrogen) atoms. The largest absolute Gasteiger partial charge is 0.390 e. The first-order chi connectivity index (χ1) is 13.0. The second kappa shape index (κ2) is 11.5. The van der Waals surface area contributed by atoms with E-state index in [4.69, 9.17) is 20.6 Å². The number of terminal acetylenes is 1. The van der Waals surface area contributed by atoms with E-state index < -0.39 is 11.9 Å². The smallest absolute Gasteiger partial charge is 0.163 e. The number of ether oxygens (including phenoxy) is 3. The number of rotatable bonds is 12. The standard InChI is InChI=1S/C23H34O4/c1-4-5-15-20(24)22-21(26-23(2,3)27-22)16-11-6-7-12-17-25-18-19-13-9-8-10-14-19/h1,8-10,13-14,20-22,24H,5-7,11-12,15-18H2,2-3H3/t20-,21-,22-/m1/s1. The van der Waals surface area contributed by atoms with Crippen LogP contribution in [0, 0.1) is 12.3 Å². The van der Waals surface area contributed by atoms with Gasteiger partial charge >= 0.3 is 0 Å². The molecule has 150 valence electrons. The van der Waals surface area contributed by atoms with Crippen molar-refractivity contribution >= 4 is 0 Å². The molecule has 3 atom stereocenters. The van der Waals surface area contributed by atoms with Crippen LogP contribution in [0.25, 0.3) is 0 Å². The molecule has 2 rings (SSSR count). The predicted octanol–water partition coefficient (Wildman–Crippen LogP) is 4.45. The zero-order valence-electron chi connectivity index (χ0n) is 16.7. The van der Waals surface area contributed by atoms with Crippen LogP contribution in [0.3, 0.4) is 0 Å². The number of benzene rings is 1. The Balaban J connectivity index is 1.58. The van der Waals surface area contributed by atoms with Crippen molar-refractivity contribution in [3.05, 3.63) is 35.9 Å². The summed E-state index contributed by atoms with van der Waals surface area (Å²) < 4.78 is 17.6. The van der Waals surface area contributed by atoms with Crippen LogP contribution in [0.15, 0.2) is 30.3 Å². The lowest BCUT2D eigenvalue weighted by Gasteiger charge is -2.22. The zero-order valence-corrected chi connectivity index (χ0v) is 16.7. The summed E-state index contributed by atoms with van der Waals surface area (Å²) in [5.41, 5.74) is 1.22. The molecule has 1 fully saturated rings. The SMILES string of the molecule is C#CCC[C@@H](O)[C@H]1OC(C)(C)O[C@@H]1CCCCCCOCc1ccccc1. The highest BCUT2D eigenvalue weighted by molar-refractivity contribution is 5.13. The molecule has 1 aliphatic rings. The van der Waals surface area contributed by atoms with E-state index in [1.807, 2.05) is 32.0 Å². The molecule has 1 saturated heterocycles. The van der Waals surface area contributed by atoms with Crippen molar-refractivity contribution < 1.29 is 19.3 Å². The van der Waals surface area contributed by atoms with E-state index in [0.717, 1.165) is 38.7 Å². The fraction of sp³-hybridized carbons (Fsp3) is 0.652. The topological polar surface area (TPSA) is 47.9 Å². The van der Waals surface area contributed by atoms with Gasteiger partial charge in [-0.3, -0.25) is 0 Å². The van der Waals surface area contributed by atoms with Crippen LogP contribution in [0.4, 0.5) is 0 Å². The van der Waals surface area contributed by atoms with E-state index in [9.17, 15) is 5.11 Å². The molecule has 4 nitrogen and oxygen atoms in total. The Morgan fingerprint density at radius 2 is 1.89 bits per heavy atom. The molecule has 1 N–H and O–H groups in total. The number of hydrogen-bond donors (Lipinski definition) is 1. The fourth-order valence-corrected chi connectivity index (χ4v) is 3.48. The van der Waals surface area contributed by atoms with Gasteiger partial charge in [-0.2, -0.15) is 0 Å². The Kier molecular flexibility index (Phi) is 9.30. The summed E-state index contributed by atoms with van der Waals surface area (Å²) in [4.78, 5) is 0. The maximum Gasteiger partial charge on any atom is 0.163 e. The van der Waals surface area contributed by atoms with Crippen molar-refractivity contribution in [1.29, 1.82) is 0 Å². The summed E-state index contributed by atoms with van der Waals surface area (Å²) in [6.45, 7) is 5.27. The number of hydrogen-bond acceptors (Lipinski definition) is 4. The van der Waals surface area contributed by atoms with Gasteiger partial charge in [-0.05, 0) is 38.7 Å². The molecule has 0 spiro atoms. The lowest BCUT2D eigenvalue weighted by atomic mass is 9.99. The second-order valence-electron chi connectivity index (χ2n) is 7.69. The molecule has 0 saturated carbocycles. The van der Waals surface area contributed by atoms with Crippen LogP contribution in [0.5, 0.6) is 0 Å². The van der Waals surface area contributed by atoms with Crippen molar-refractivity contribution in [2.45, 2.75) is 89.5 Å². The Bertz CT molecular complexity index is 563. The summed E-state index contributed by atoms with van der Waals surface area (Å²) in [7, 11) is 0. The van der Waals surface area contributed by atoms with Crippen LogP contribution < -0.4 is 0 Å². The molecular weight excluding hydrogens is 340 g/mol. The second-order valence-corrected chi connectivity index (χ2v) is 7.69. The average molecular weight is 375 g/mol. The first-order valence-electron chi connectivity index (χ1n) is 10.1. The summed E-state index contributed by atoms with van der Waals surface area (Å²) >= 11 is 0. The Labute approximate surface area is 164 Å². The van der Waals surface area contributed by atoms with Crippen molar-refractivity contribution in [1.82, 2.24) is 0 Å². The van der Waals surface area contributed by atoms with Crippen molar-refractivity contribution in [2.24, 2.45) is 0 Å². The summed E-state index contributed by atoms with van der Waals surface area (Å²) in [6.07, 6.45) is 10.8. The molecule has 0 aliphatic carbocycles. The van der Waals surface area contributed by atoms with Gasteiger partial charge in [-0.1, -0.05) is 49.6 Å². The molecule has 1 aromatic rings. The number of aliphatic hydroxyl groups excluding tert-OH is 1. The molecular formula is C23H34O4. The third-order valence-corrected chi connectivity index (χ3v) is 4.82. The monoisotopic (exact) mass is 374 g/mol. The highest BCUT2D eigenvalue weighted by Crippen LogP contribution is 2.33. The van der Waals surface area contributed by atoms with E-state index >= 15 is 0 Å². The van der Waals surface area contributed by atoms with E-state index in [0.29, 0.717) is 19.4 Å². The van der Waals surface area contributed by atoms with Gasteiger partial charge in [0.15, 0.2) is 5.79 Å². The van der Waals surface area contributed by atoms with E-state index in [-0.39, 0.29) is 12.2 Å². The molecule has 0 amide bonds. The lowest BCUT2D eigenvalue weighted by molar-refractivity contribution is -0.155. The minimum atomic E-state index is -0.641. The first-order valence-corrected chi connectivity index (χ1v) is 10.1.